The van der Waals surface area contributed by atoms with E-state index in [2.05, 4.69) is 20.8 Å². The van der Waals surface area contributed by atoms with Gasteiger partial charge in [0.2, 0.25) is 0 Å². The van der Waals surface area contributed by atoms with Gasteiger partial charge in [0.15, 0.2) is 0 Å². The van der Waals surface area contributed by atoms with E-state index in [1.54, 1.807) is 0 Å². The maximum Gasteiger partial charge on any atom is 0.0543 e. The first-order chi connectivity index (χ1) is 7.95. The molecule has 0 aromatic rings. The molecule has 5 atom stereocenters. The molecule has 3 fully saturated rings. The lowest BCUT2D eigenvalue weighted by Gasteiger charge is -2.44. The topological polar surface area (TPSA) is 20.2 Å². The van der Waals surface area contributed by atoms with Crippen LogP contribution in [-0.4, -0.2) is 11.2 Å². The molecule has 1 nitrogen and oxygen atoms in total. The van der Waals surface area contributed by atoms with Crippen molar-refractivity contribution < 1.29 is 5.11 Å². The minimum Gasteiger partial charge on any atom is -0.393 e. The molecule has 98 valence electrons. The molecule has 0 heterocycles. The smallest absolute Gasteiger partial charge is 0.0543 e. The summed E-state index contributed by atoms with van der Waals surface area (Å²) in [5, 5.41) is 9.92. The Balaban J connectivity index is 1.82. The molecule has 3 rings (SSSR count). The molecule has 0 aromatic carbocycles. The van der Waals surface area contributed by atoms with Crippen molar-refractivity contribution in [2.75, 3.05) is 0 Å². The second-order valence-corrected chi connectivity index (χ2v) is 7.80. The van der Waals surface area contributed by atoms with Crippen molar-refractivity contribution in [2.24, 2.45) is 28.6 Å². The lowest BCUT2D eigenvalue weighted by atomic mass is 9.61. The predicted octanol–water partition coefficient (Wildman–Crippen LogP) is 4.00. The molecule has 0 unspecified atom stereocenters. The van der Waals surface area contributed by atoms with Crippen LogP contribution in [0.2, 0.25) is 0 Å². The Labute approximate surface area is 106 Å². The number of rotatable bonds is 1. The number of hydrogen-bond acceptors (Lipinski definition) is 1. The molecule has 0 aliphatic heterocycles. The summed E-state index contributed by atoms with van der Waals surface area (Å²) in [5.74, 6) is 2.66. The van der Waals surface area contributed by atoms with Crippen molar-refractivity contribution in [3.63, 3.8) is 0 Å². The van der Waals surface area contributed by atoms with E-state index in [4.69, 9.17) is 0 Å². The van der Waals surface area contributed by atoms with E-state index in [-0.39, 0.29) is 6.10 Å². The van der Waals surface area contributed by atoms with Gasteiger partial charge in [-0.05, 0) is 67.1 Å². The highest BCUT2D eigenvalue weighted by atomic mass is 16.3. The molecule has 0 radical (unpaired) electrons. The highest BCUT2D eigenvalue weighted by Crippen LogP contribution is 2.70. The summed E-state index contributed by atoms with van der Waals surface area (Å²) in [4.78, 5) is 0. The molecule has 2 bridgehead atoms. The fraction of sp³-hybridized carbons (Fsp3) is 1.00. The van der Waals surface area contributed by atoms with E-state index in [1.807, 2.05) is 0 Å². The van der Waals surface area contributed by atoms with Gasteiger partial charge in [-0.3, -0.25) is 0 Å². The van der Waals surface area contributed by atoms with E-state index < -0.39 is 0 Å². The summed E-state index contributed by atoms with van der Waals surface area (Å²) in [5.41, 5.74) is 1.10. The lowest BCUT2D eigenvalue weighted by Crippen LogP contribution is -2.38. The van der Waals surface area contributed by atoms with E-state index >= 15 is 0 Å². The molecule has 3 aliphatic rings. The van der Waals surface area contributed by atoms with Crippen molar-refractivity contribution in [2.45, 2.75) is 71.8 Å². The van der Waals surface area contributed by atoms with Gasteiger partial charge in [0.1, 0.15) is 0 Å². The average molecular weight is 236 g/mol. The Morgan fingerprint density at radius 1 is 1.00 bits per heavy atom. The fourth-order valence-corrected chi connectivity index (χ4v) is 5.54. The van der Waals surface area contributed by atoms with Gasteiger partial charge in [0.05, 0.1) is 6.10 Å². The normalized spacial score (nSPS) is 52.9. The van der Waals surface area contributed by atoms with Crippen molar-refractivity contribution in [1.29, 1.82) is 0 Å². The van der Waals surface area contributed by atoms with Crippen LogP contribution in [0.15, 0.2) is 0 Å². The largest absolute Gasteiger partial charge is 0.393 e. The first-order valence-corrected chi connectivity index (χ1v) is 7.63. The van der Waals surface area contributed by atoms with Crippen LogP contribution < -0.4 is 0 Å². The van der Waals surface area contributed by atoms with Crippen LogP contribution in [0.4, 0.5) is 0 Å². The molecule has 0 aromatic heterocycles. The van der Waals surface area contributed by atoms with Crippen molar-refractivity contribution in [3.05, 3.63) is 0 Å². The summed E-state index contributed by atoms with van der Waals surface area (Å²) in [6.45, 7) is 7.56. The summed E-state index contributed by atoms with van der Waals surface area (Å²) in [6, 6.07) is 0. The van der Waals surface area contributed by atoms with Crippen LogP contribution in [0, 0.1) is 28.6 Å². The Kier molecular flexibility index (Phi) is 2.63. The maximum atomic E-state index is 9.92. The van der Waals surface area contributed by atoms with Crippen molar-refractivity contribution in [3.8, 4) is 0 Å². The molecule has 3 aliphatic carbocycles. The molecule has 1 heteroatoms. The first kappa shape index (κ1) is 12.0. The third-order valence-electron chi connectivity index (χ3n) is 7.12. The Bertz CT molecular complexity index is 309. The minimum absolute atomic E-state index is 0.000381. The second-order valence-electron chi connectivity index (χ2n) is 7.80. The van der Waals surface area contributed by atoms with Crippen LogP contribution in [0.3, 0.4) is 0 Å². The van der Waals surface area contributed by atoms with Gasteiger partial charge in [-0.2, -0.15) is 0 Å². The van der Waals surface area contributed by atoms with Crippen molar-refractivity contribution in [1.82, 2.24) is 0 Å². The first-order valence-electron chi connectivity index (χ1n) is 7.63. The molecule has 0 spiro atoms. The van der Waals surface area contributed by atoms with E-state index in [1.165, 1.54) is 32.1 Å². The predicted molar refractivity (Wildman–Crippen MR) is 70.7 cm³/mol. The van der Waals surface area contributed by atoms with Crippen molar-refractivity contribution >= 4 is 0 Å². The molecule has 1 N–H and O–H groups in total. The maximum absolute atomic E-state index is 9.92. The van der Waals surface area contributed by atoms with Gasteiger partial charge in [0.25, 0.3) is 0 Å². The molecular weight excluding hydrogens is 208 g/mol. The average Bonchev–Trinajstić information content (AvgIpc) is 2.61. The highest BCUT2D eigenvalue weighted by molar-refractivity contribution is 5.11. The summed E-state index contributed by atoms with van der Waals surface area (Å²) in [6.07, 6.45) is 9.09. The van der Waals surface area contributed by atoms with Crippen LogP contribution in [0.25, 0.3) is 0 Å². The Morgan fingerprint density at radius 2 is 1.76 bits per heavy atom. The molecule has 0 saturated heterocycles. The van der Waals surface area contributed by atoms with Crippen LogP contribution in [0.5, 0.6) is 0 Å². The zero-order chi connectivity index (χ0) is 12.3. The molecular formula is C16H28O. The SMILES string of the molecule is CC1(C)[C@@H]2CC[C@@]1(C)[C@H]([C@@H]1CCC[C@@H](O)C1)C2. The lowest BCUT2D eigenvalue weighted by molar-refractivity contribution is 0.0168. The summed E-state index contributed by atoms with van der Waals surface area (Å²) >= 11 is 0. The Hall–Kier alpha value is -0.0400. The van der Waals surface area contributed by atoms with Crippen LogP contribution in [0.1, 0.15) is 65.7 Å². The van der Waals surface area contributed by atoms with Crippen LogP contribution >= 0.6 is 0 Å². The number of aliphatic hydroxyl groups excluding tert-OH is 1. The fourth-order valence-electron chi connectivity index (χ4n) is 5.54. The third-order valence-corrected chi connectivity index (χ3v) is 7.12. The summed E-state index contributed by atoms with van der Waals surface area (Å²) < 4.78 is 0. The zero-order valence-corrected chi connectivity index (χ0v) is 11.7. The number of aliphatic hydroxyl groups is 1. The molecule has 3 saturated carbocycles. The van der Waals surface area contributed by atoms with Gasteiger partial charge in [-0.15, -0.1) is 0 Å². The molecule has 0 amide bonds. The van der Waals surface area contributed by atoms with Crippen LogP contribution in [-0.2, 0) is 0 Å². The van der Waals surface area contributed by atoms with Gasteiger partial charge in [-0.25, -0.2) is 0 Å². The van der Waals surface area contributed by atoms with Gasteiger partial charge in [-0.1, -0.05) is 27.2 Å². The summed E-state index contributed by atoms with van der Waals surface area (Å²) in [7, 11) is 0. The number of fused-ring (bicyclic) bond motifs is 2. The van der Waals surface area contributed by atoms with Gasteiger partial charge in [0, 0.05) is 0 Å². The number of hydrogen-bond donors (Lipinski definition) is 1. The third kappa shape index (κ3) is 1.54. The standard InChI is InChI=1S/C16H28O/c1-15(2)12-7-8-16(15,3)14(10-12)11-5-4-6-13(17)9-11/h11-14,17H,4-10H2,1-3H3/t11-,12-,13-,14+,16+/m1/s1. The zero-order valence-electron chi connectivity index (χ0n) is 11.7. The van der Waals surface area contributed by atoms with E-state index in [0.29, 0.717) is 10.8 Å². The second kappa shape index (κ2) is 3.73. The highest BCUT2D eigenvalue weighted by Gasteiger charge is 2.62. The van der Waals surface area contributed by atoms with E-state index in [9.17, 15) is 5.11 Å². The van der Waals surface area contributed by atoms with Gasteiger partial charge < -0.3 is 5.11 Å². The minimum atomic E-state index is -0.000381. The molecule has 17 heavy (non-hydrogen) atoms. The van der Waals surface area contributed by atoms with Gasteiger partial charge >= 0.3 is 0 Å². The van der Waals surface area contributed by atoms with E-state index in [0.717, 1.165) is 30.6 Å². The Morgan fingerprint density at radius 3 is 2.29 bits per heavy atom. The monoisotopic (exact) mass is 236 g/mol. The quantitative estimate of drug-likeness (QED) is 0.729.